The second-order valence-electron chi connectivity index (χ2n) is 5.31. The van der Waals surface area contributed by atoms with Crippen molar-refractivity contribution in [1.82, 2.24) is 5.32 Å². The van der Waals surface area contributed by atoms with Gasteiger partial charge < -0.3 is 0 Å². The molecule has 1 saturated heterocycles. The summed E-state index contributed by atoms with van der Waals surface area (Å²) in [6.07, 6.45) is -18.1. The molecule has 1 aliphatic heterocycles. The molecule has 15 heteroatoms. The molecule has 0 unspecified atom stereocenters. The molecular formula is C11H9CfF11NO2. The van der Waals surface area contributed by atoms with Gasteiger partial charge in [-0.1, -0.05) is 0 Å². The minimum atomic E-state index is -6.14. The summed E-state index contributed by atoms with van der Waals surface area (Å²) in [5, 5.41) is -2.10. The van der Waals surface area contributed by atoms with Crippen molar-refractivity contribution in [3.8, 4) is 0 Å². The minimum absolute atomic E-state index is 0.0532. The predicted octanol–water partition coefficient (Wildman–Crippen LogP) is 4.34. The quantitative estimate of drug-likeness (QED) is 0.337. The fourth-order valence-corrected chi connectivity index (χ4v) is 4.96. The van der Waals surface area contributed by atoms with Gasteiger partial charge in [0.05, 0.1) is 0 Å². The fourth-order valence-electron chi connectivity index (χ4n) is 2.09. The molecule has 26 heavy (non-hydrogen) atoms. The van der Waals surface area contributed by atoms with E-state index < -0.39 is 48.5 Å². The summed E-state index contributed by atoms with van der Waals surface area (Å²) in [6, 6.07) is -12.2. The Hall–Kier alpha value is -2.02. The van der Waals surface area contributed by atoms with Crippen LogP contribution in [0.25, 0.3) is 0 Å². The van der Waals surface area contributed by atoms with E-state index in [2.05, 4.69) is 9.47 Å². The zero-order valence-electron chi connectivity index (χ0n) is 12.1. The van der Waals surface area contributed by atoms with Gasteiger partial charge in [-0.3, -0.25) is 0 Å². The number of morpholine rings is 1. The van der Waals surface area contributed by atoms with E-state index in [1.165, 1.54) is 0 Å². The van der Waals surface area contributed by atoms with Crippen LogP contribution in [0.15, 0.2) is 0 Å². The summed E-state index contributed by atoms with van der Waals surface area (Å²) in [5.41, 5.74) is 0. The zero-order valence-corrected chi connectivity index (χ0v) is 14.8. The van der Waals surface area contributed by atoms with Crippen molar-refractivity contribution < 1.29 is 57.8 Å². The first kappa shape index (κ1) is 20.3. The summed E-state index contributed by atoms with van der Waals surface area (Å²) >= 11 is 0. The molecule has 2 aliphatic rings. The van der Waals surface area contributed by atoms with Crippen molar-refractivity contribution in [2.75, 3.05) is 0 Å². The van der Waals surface area contributed by atoms with E-state index in [1.54, 1.807) is 0 Å². The first-order valence-electron chi connectivity index (χ1n) is 6.74. The van der Waals surface area contributed by atoms with E-state index in [0.717, 1.165) is 0 Å². The van der Waals surface area contributed by atoms with Crippen LogP contribution in [0.4, 0.5) is 48.3 Å². The topological polar surface area (TPSA) is 21.7 Å². The van der Waals surface area contributed by atoms with Crippen LogP contribution in [0.1, 0.15) is 25.7 Å². The molecule has 3 nitrogen and oxygen atoms in total. The van der Waals surface area contributed by atoms with Gasteiger partial charge in [0.15, 0.2) is 0 Å². The number of rotatable bonds is 3. The summed E-state index contributed by atoms with van der Waals surface area (Å²) in [4.78, 5) is 0. The average Bonchev–Trinajstić information content (AvgIpc) is 2.91. The number of alkyl halides is 11. The van der Waals surface area contributed by atoms with Gasteiger partial charge in [0.25, 0.3) is 0 Å². The molecule has 1 aliphatic carbocycles. The van der Waals surface area contributed by atoms with Crippen LogP contribution in [0.2, 0.25) is 0 Å². The molecule has 0 bridgehead atoms. The zero-order chi connectivity index (χ0) is 20.2. The third-order valence-electron chi connectivity index (χ3n) is 3.32. The number of hydrogen-bond acceptors (Lipinski definition) is 3. The van der Waals surface area contributed by atoms with Crippen LogP contribution in [-0.2, 0) is 9.47 Å². The van der Waals surface area contributed by atoms with Crippen molar-refractivity contribution in [2.45, 2.75) is 62.3 Å². The number of ether oxygens (including phenoxy) is 2. The van der Waals surface area contributed by atoms with Crippen molar-refractivity contribution >= 4 is 6.61 Å². The molecule has 157 valence electrons. The normalized spacial score (nSPS) is 28.8. The molecule has 0 radical (unpaired) electrons. The van der Waals surface area contributed by atoms with Crippen LogP contribution >= 0.6 is 0 Å². The number of nitrogens with zero attached hydrogens (tertiary/aromatic N) is 1. The van der Waals surface area contributed by atoms with Crippen LogP contribution in [0.3, 0.4) is 0 Å². The van der Waals surface area contributed by atoms with Crippen LogP contribution < -0.4 is 0 Å². The van der Waals surface area contributed by atoms with E-state index in [0.29, 0.717) is 12.8 Å². The van der Waals surface area contributed by atoms with Crippen molar-refractivity contribution in [2.24, 2.45) is 0 Å². The van der Waals surface area contributed by atoms with Crippen LogP contribution in [-0.4, -0.2) is 48.5 Å². The maximum absolute atomic E-state index is 13.6. The predicted molar refractivity (Wildman–Crippen MR) is 57.1 cm³/mol. The van der Waals surface area contributed by atoms with E-state index in [9.17, 15) is 48.3 Å². The Kier molecular flexibility index (Phi) is 4.48. The molecule has 0 N–H and O–H groups in total. The Morgan fingerprint density at radius 3 is 1.69 bits per heavy atom. The standard InChI is InChI=1S/C7H9F3O.C4F8NO.Cf/c8-7(9,10)5-11-6-3-1-2-4-6;5-1(6)3(9,10)14-4(11,12)2(7,8)13-1;/h6H,1-4H2;;/q;-1;+1. The summed E-state index contributed by atoms with van der Waals surface area (Å²) < 4.78 is 148. The molecule has 0 atom stereocenters. The summed E-state index contributed by atoms with van der Waals surface area (Å²) in [5.74, 6) is 0. The molecule has 1 heterocycles. The maximum atomic E-state index is 13.6. The number of halogens is 11. The van der Waals surface area contributed by atoms with Crippen molar-refractivity contribution in [1.29, 1.82) is 0 Å². The van der Waals surface area contributed by atoms with E-state index in [-0.39, 0.29) is 12.8 Å². The Labute approximate surface area is 133 Å². The SMILES string of the molecule is FC(F)(F)[C](OC1CCCC1)=[Cf][N]1C(F)(F)C(F)(F)OC(F)(F)C1(F)F. The van der Waals surface area contributed by atoms with E-state index in [4.69, 9.17) is 0 Å². The van der Waals surface area contributed by atoms with Crippen molar-refractivity contribution in [3.05, 3.63) is 0 Å². The van der Waals surface area contributed by atoms with E-state index in [1.807, 2.05) is 0 Å². The molecule has 0 aromatic carbocycles. The number of hydrogen-bond donors (Lipinski definition) is 0. The fraction of sp³-hybridized carbons (Fsp3) is 0.909. The summed E-state index contributed by atoms with van der Waals surface area (Å²) in [7, 11) is 0. The van der Waals surface area contributed by atoms with Crippen LogP contribution in [0, 0.1) is 0 Å². The van der Waals surface area contributed by atoms with Gasteiger partial charge in [0, 0.05) is 0 Å². The molecule has 0 aromatic heterocycles. The Morgan fingerprint density at radius 1 is 0.885 bits per heavy atom. The average molecular weight is 647 g/mol. The third-order valence-corrected chi connectivity index (χ3v) is 6.98. The molecule has 2 fully saturated rings. The van der Waals surface area contributed by atoms with Gasteiger partial charge in [-0.05, 0) is 0 Å². The van der Waals surface area contributed by atoms with Crippen LogP contribution in [0.5, 0.6) is 0 Å². The van der Waals surface area contributed by atoms with Gasteiger partial charge in [0.1, 0.15) is 0 Å². The van der Waals surface area contributed by atoms with Gasteiger partial charge >= 0.3 is 132 Å². The van der Waals surface area contributed by atoms with Gasteiger partial charge in [-0.15, -0.1) is 0 Å². The monoisotopic (exact) mass is 645 g/mol. The second-order valence-corrected chi connectivity index (χ2v) is 8.27. The Morgan fingerprint density at radius 2 is 1.31 bits per heavy atom. The molecular weight excluding hydrogens is 638 g/mol. The first-order chi connectivity index (χ1) is 11.5. The third kappa shape index (κ3) is 3.20. The van der Waals surface area contributed by atoms with E-state index >= 15 is 0 Å². The molecule has 0 spiro atoms. The molecule has 0 aromatic rings. The summed E-state index contributed by atoms with van der Waals surface area (Å²) in [6.45, 7) is -2.26. The second kappa shape index (κ2) is 5.74. The molecule has 0 amide bonds. The van der Waals surface area contributed by atoms with Gasteiger partial charge in [0.2, 0.25) is 0 Å². The van der Waals surface area contributed by atoms with Crippen molar-refractivity contribution in [3.63, 3.8) is 0 Å². The van der Waals surface area contributed by atoms with Gasteiger partial charge in [-0.2, -0.15) is 0 Å². The first-order valence-corrected chi connectivity index (χ1v) is 9.23. The molecule has 2 rings (SSSR count). The molecule has 1 saturated carbocycles. The van der Waals surface area contributed by atoms with Gasteiger partial charge in [-0.25, -0.2) is 0 Å². The Bertz CT molecular complexity index is 545. The Balaban J connectivity index is 2.52.